The van der Waals surface area contributed by atoms with Gasteiger partial charge in [0.2, 0.25) is 0 Å². The summed E-state index contributed by atoms with van der Waals surface area (Å²) in [4.78, 5) is 15.0. The first kappa shape index (κ1) is 14.8. The van der Waals surface area contributed by atoms with Crippen molar-refractivity contribution in [3.8, 4) is 6.07 Å². The van der Waals surface area contributed by atoms with Gasteiger partial charge in [-0.05, 0) is 18.6 Å². The largest absolute Gasteiger partial charge is 0.371 e. The molecular weight excluding hydrogens is 304 g/mol. The molecule has 4 rings (SSSR count). The van der Waals surface area contributed by atoms with E-state index in [0.29, 0.717) is 12.3 Å². The van der Waals surface area contributed by atoms with Gasteiger partial charge in [0.1, 0.15) is 23.4 Å². The van der Waals surface area contributed by atoms with Gasteiger partial charge in [-0.15, -0.1) is 0 Å². The van der Waals surface area contributed by atoms with Gasteiger partial charge in [0.15, 0.2) is 0 Å². The lowest BCUT2D eigenvalue weighted by atomic mass is 9.97. The zero-order valence-electron chi connectivity index (χ0n) is 13.2. The minimum atomic E-state index is -0.137. The van der Waals surface area contributed by atoms with Crippen molar-refractivity contribution < 1.29 is 4.74 Å². The number of anilines is 2. The van der Waals surface area contributed by atoms with Gasteiger partial charge in [0.05, 0.1) is 24.4 Å². The molecule has 2 aromatic rings. The number of nitriles is 1. The molecule has 2 atom stereocenters. The molecule has 122 valence electrons. The van der Waals surface area contributed by atoms with Gasteiger partial charge in [-0.1, -0.05) is 6.07 Å². The molecule has 0 saturated carbocycles. The lowest BCUT2D eigenvalue weighted by molar-refractivity contribution is 0.0228. The van der Waals surface area contributed by atoms with Crippen molar-refractivity contribution in [1.82, 2.24) is 15.0 Å². The summed E-state index contributed by atoms with van der Waals surface area (Å²) in [6.45, 7) is 2.40. The van der Waals surface area contributed by atoms with Gasteiger partial charge >= 0.3 is 0 Å². The molecule has 7 heteroatoms. The SMILES string of the molecule is N#Cc1cccc(N[C@H]2CO[C@]3(CCN(c4cnccn4)C3)C2)n1. The maximum absolute atomic E-state index is 8.95. The number of ether oxygens (including phenoxy) is 1. The van der Waals surface area contributed by atoms with E-state index >= 15 is 0 Å². The summed E-state index contributed by atoms with van der Waals surface area (Å²) in [5, 5.41) is 12.3. The van der Waals surface area contributed by atoms with Crippen LogP contribution in [0, 0.1) is 11.3 Å². The van der Waals surface area contributed by atoms with E-state index in [4.69, 9.17) is 10.00 Å². The number of aromatic nitrogens is 3. The monoisotopic (exact) mass is 322 g/mol. The molecule has 0 aliphatic carbocycles. The van der Waals surface area contributed by atoms with Gasteiger partial charge in [0.25, 0.3) is 0 Å². The van der Waals surface area contributed by atoms with Crippen LogP contribution in [0.2, 0.25) is 0 Å². The molecule has 7 nitrogen and oxygen atoms in total. The van der Waals surface area contributed by atoms with Gasteiger partial charge in [0, 0.05) is 31.9 Å². The van der Waals surface area contributed by atoms with E-state index in [1.165, 1.54) is 0 Å². The molecule has 2 aliphatic heterocycles. The average molecular weight is 322 g/mol. The van der Waals surface area contributed by atoms with Crippen LogP contribution in [0.25, 0.3) is 0 Å². The molecule has 2 saturated heterocycles. The molecule has 1 N–H and O–H groups in total. The molecule has 2 aliphatic rings. The maximum Gasteiger partial charge on any atom is 0.147 e. The quantitative estimate of drug-likeness (QED) is 0.918. The molecule has 0 unspecified atom stereocenters. The molecule has 1 spiro atoms. The van der Waals surface area contributed by atoms with Crippen molar-refractivity contribution in [3.63, 3.8) is 0 Å². The zero-order valence-corrected chi connectivity index (χ0v) is 13.2. The number of nitrogens with one attached hydrogen (secondary N) is 1. The van der Waals surface area contributed by atoms with E-state index in [-0.39, 0.29) is 11.6 Å². The van der Waals surface area contributed by atoms with Crippen LogP contribution in [0.15, 0.2) is 36.8 Å². The second-order valence-corrected chi connectivity index (χ2v) is 6.29. The predicted octanol–water partition coefficient (Wildman–Crippen LogP) is 1.59. The Morgan fingerprint density at radius 1 is 1.38 bits per heavy atom. The number of nitrogens with zero attached hydrogens (tertiary/aromatic N) is 5. The Morgan fingerprint density at radius 2 is 2.33 bits per heavy atom. The molecule has 2 aromatic heterocycles. The molecule has 4 heterocycles. The summed E-state index contributed by atoms with van der Waals surface area (Å²) in [5.74, 6) is 1.63. The smallest absolute Gasteiger partial charge is 0.147 e. The number of hydrogen-bond donors (Lipinski definition) is 1. The van der Waals surface area contributed by atoms with Crippen molar-refractivity contribution >= 4 is 11.6 Å². The second-order valence-electron chi connectivity index (χ2n) is 6.29. The highest BCUT2D eigenvalue weighted by molar-refractivity contribution is 5.41. The first-order valence-electron chi connectivity index (χ1n) is 8.05. The summed E-state index contributed by atoms with van der Waals surface area (Å²) in [6, 6.07) is 7.69. The Hall–Kier alpha value is -2.72. The third-order valence-electron chi connectivity index (χ3n) is 4.61. The zero-order chi connectivity index (χ0) is 16.4. The number of rotatable bonds is 3. The highest BCUT2D eigenvalue weighted by atomic mass is 16.5. The van der Waals surface area contributed by atoms with E-state index < -0.39 is 0 Å². The van der Waals surface area contributed by atoms with Gasteiger partial charge in [-0.3, -0.25) is 4.98 Å². The minimum Gasteiger partial charge on any atom is -0.371 e. The highest BCUT2D eigenvalue weighted by Crippen LogP contribution is 2.37. The summed E-state index contributed by atoms with van der Waals surface area (Å²) >= 11 is 0. The normalized spacial score (nSPS) is 25.8. The third-order valence-corrected chi connectivity index (χ3v) is 4.61. The van der Waals surface area contributed by atoms with E-state index in [2.05, 4.69) is 31.2 Å². The number of hydrogen-bond acceptors (Lipinski definition) is 7. The van der Waals surface area contributed by atoms with Crippen molar-refractivity contribution in [2.75, 3.05) is 29.9 Å². The molecule has 0 amide bonds. The molecular formula is C17H18N6O. The summed E-state index contributed by atoms with van der Waals surface area (Å²) in [7, 11) is 0. The Morgan fingerprint density at radius 3 is 3.17 bits per heavy atom. The fourth-order valence-electron chi connectivity index (χ4n) is 3.50. The molecule has 0 aromatic carbocycles. The van der Waals surface area contributed by atoms with Crippen LogP contribution in [0.1, 0.15) is 18.5 Å². The topological polar surface area (TPSA) is 87.0 Å². The van der Waals surface area contributed by atoms with Gasteiger partial charge < -0.3 is 15.0 Å². The van der Waals surface area contributed by atoms with Crippen LogP contribution in [0.5, 0.6) is 0 Å². The van der Waals surface area contributed by atoms with Crippen molar-refractivity contribution in [3.05, 3.63) is 42.5 Å². The minimum absolute atomic E-state index is 0.137. The van der Waals surface area contributed by atoms with Crippen LogP contribution < -0.4 is 10.2 Å². The van der Waals surface area contributed by atoms with Gasteiger partial charge in [-0.25, -0.2) is 9.97 Å². The molecule has 0 bridgehead atoms. The van der Waals surface area contributed by atoms with Crippen molar-refractivity contribution in [2.24, 2.45) is 0 Å². The molecule has 2 fully saturated rings. The lowest BCUT2D eigenvalue weighted by Gasteiger charge is -2.23. The lowest BCUT2D eigenvalue weighted by Crippen LogP contribution is -2.34. The van der Waals surface area contributed by atoms with Crippen LogP contribution in [0.3, 0.4) is 0 Å². The van der Waals surface area contributed by atoms with E-state index in [1.54, 1.807) is 24.7 Å². The first-order chi connectivity index (χ1) is 11.8. The Bertz CT molecular complexity index is 761. The van der Waals surface area contributed by atoms with E-state index in [9.17, 15) is 0 Å². The maximum atomic E-state index is 8.95. The predicted molar refractivity (Wildman–Crippen MR) is 88.5 cm³/mol. The van der Waals surface area contributed by atoms with Crippen LogP contribution in [0.4, 0.5) is 11.6 Å². The third kappa shape index (κ3) is 2.88. The number of pyridine rings is 1. The molecule has 24 heavy (non-hydrogen) atoms. The Balaban J connectivity index is 1.40. The van der Waals surface area contributed by atoms with E-state index in [1.807, 2.05) is 12.1 Å². The fourth-order valence-corrected chi connectivity index (χ4v) is 3.50. The summed E-state index contributed by atoms with van der Waals surface area (Å²) in [6.07, 6.45) is 7.09. The highest BCUT2D eigenvalue weighted by Gasteiger charge is 2.46. The van der Waals surface area contributed by atoms with Crippen molar-refractivity contribution in [2.45, 2.75) is 24.5 Å². The van der Waals surface area contributed by atoms with Crippen LogP contribution >= 0.6 is 0 Å². The molecule has 0 radical (unpaired) electrons. The Labute approximate surface area is 140 Å². The van der Waals surface area contributed by atoms with E-state index in [0.717, 1.165) is 37.6 Å². The van der Waals surface area contributed by atoms with Crippen molar-refractivity contribution in [1.29, 1.82) is 5.26 Å². The second kappa shape index (κ2) is 6.06. The fraction of sp³-hybridized carbons (Fsp3) is 0.412. The standard InChI is InChI=1S/C17H18N6O/c18-9-13-2-1-3-15(21-13)22-14-8-17(24-11-14)4-7-23(12-17)16-10-19-5-6-20-16/h1-3,5-6,10,14H,4,7-8,11-12H2,(H,21,22)/t14-,17-/m1/s1. The Kier molecular flexibility index (Phi) is 3.75. The summed E-state index contributed by atoms with van der Waals surface area (Å²) < 4.78 is 6.15. The average Bonchev–Trinajstić information content (AvgIpc) is 3.23. The van der Waals surface area contributed by atoms with Gasteiger partial charge in [-0.2, -0.15) is 5.26 Å². The van der Waals surface area contributed by atoms with Crippen LogP contribution in [-0.2, 0) is 4.74 Å². The van der Waals surface area contributed by atoms with Crippen LogP contribution in [-0.4, -0.2) is 46.3 Å². The first-order valence-corrected chi connectivity index (χ1v) is 8.05. The summed E-state index contributed by atoms with van der Waals surface area (Å²) in [5.41, 5.74) is 0.283.